The van der Waals surface area contributed by atoms with Crippen LogP contribution in [0.5, 0.6) is 0 Å². The summed E-state index contributed by atoms with van der Waals surface area (Å²) < 4.78 is 2.81. The van der Waals surface area contributed by atoms with Crippen molar-refractivity contribution in [1.29, 1.82) is 0 Å². The molecule has 3 aromatic rings. The standard InChI is InChI=1S/C25H28Cl2N6O2/c1-14-17-8-15(25(17,2)3)9-19(14)31-20-11-29-33(24(35)23(20)27)12-22(34)30-16-4-5-18(26)21(10-16)32-7-6-28-13-32/h4-7,10-11,13-15,17,19,31H,8-9,12H2,1-3H3,(H,30,34)/t14-,15-,17+,19-/m1/s1. The fourth-order valence-electron chi connectivity index (χ4n) is 5.74. The minimum atomic E-state index is -0.504. The molecule has 3 fully saturated rings. The number of carbonyl (C=O) groups excluding carboxylic acids is 1. The van der Waals surface area contributed by atoms with Gasteiger partial charge in [-0.1, -0.05) is 44.0 Å². The van der Waals surface area contributed by atoms with E-state index >= 15 is 0 Å². The van der Waals surface area contributed by atoms with Crippen LogP contribution in [0.4, 0.5) is 11.4 Å². The van der Waals surface area contributed by atoms with E-state index in [0.29, 0.717) is 45.3 Å². The van der Waals surface area contributed by atoms with Crippen LogP contribution in [0.1, 0.15) is 33.6 Å². The maximum Gasteiger partial charge on any atom is 0.288 e. The summed E-state index contributed by atoms with van der Waals surface area (Å²) in [4.78, 5) is 29.5. The van der Waals surface area contributed by atoms with Crippen molar-refractivity contribution in [2.75, 3.05) is 10.6 Å². The van der Waals surface area contributed by atoms with Gasteiger partial charge in [0.2, 0.25) is 5.91 Å². The second-order valence-electron chi connectivity index (χ2n) is 10.2. The maximum absolute atomic E-state index is 12.9. The Morgan fingerprint density at radius 2 is 2.06 bits per heavy atom. The number of nitrogens with zero attached hydrogens (tertiary/aromatic N) is 4. The zero-order valence-electron chi connectivity index (χ0n) is 19.8. The van der Waals surface area contributed by atoms with Crippen LogP contribution in [-0.4, -0.2) is 31.3 Å². The van der Waals surface area contributed by atoms with Crippen LogP contribution in [0, 0.1) is 23.2 Å². The molecule has 35 heavy (non-hydrogen) atoms. The topological polar surface area (TPSA) is 93.8 Å². The molecule has 1 amide bonds. The van der Waals surface area contributed by atoms with Crippen molar-refractivity contribution in [3.05, 3.63) is 63.5 Å². The number of nitrogens with one attached hydrogen (secondary N) is 2. The molecule has 6 rings (SSSR count). The van der Waals surface area contributed by atoms with Crippen LogP contribution in [0.15, 0.2) is 47.9 Å². The second-order valence-corrected chi connectivity index (χ2v) is 11.0. The van der Waals surface area contributed by atoms with Crippen LogP contribution in [0.3, 0.4) is 0 Å². The summed E-state index contributed by atoms with van der Waals surface area (Å²) in [6.45, 7) is 6.70. The Morgan fingerprint density at radius 1 is 1.26 bits per heavy atom. The van der Waals surface area contributed by atoms with E-state index in [-0.39, 0.29) is 17.6 Å². The molecule has 4 atom stereocenters. The summed E-state index contributed by atoms with van der Waals surface area (Å²) in [7, 11) is 0. The number of hydrogen-bond acceptors (Lipinski definition) is 5. The van der Waals surface area contributed by atoms with Crippen molar-refractivity contribution in [3.63, 3.8) is 0 Å². The lowest BCUT2D eigenvalue weighted by Crippen LogP contribution is -2.58. The monoisotopic (exact) mass is 514 g/mol. The Morgan fingerprint density at radius 3 is 2.74 bits per heavy atom. The van der Waals surface area contributed by atoms with Crippen LogP contribution in [0.2, 0.25) is 10.0 Å². The first kappa shape index (κ1) is 23.9. The minimum absolute atomic E-state index is 0.0485. The second kappa shape index (κ2) is 8.99. The molecule has 0 spiro atoms. The van der Waals surface area contributed by atoms with Crippen molar-refractivity contribution < 1.29 is 4.79 Å². The molecule has 0 aliphatic heterocycles. The third kappa shape index (κ3) is 4.34. The van der Waals surface area contributed by atoms with Crippen molar-refractivity contribution in [1.82, 2.24) is 19.3 Å². The Bertz CT molecular complexity index is 1320. The highest BCUT2D eigenvalue weighted by atomic mass is 35.5. The number of hydrogen-bond donors (Lipinski definition) is 2. The summed E-state index contributed by atoms with van der Waals surface area (Å²) in [6, 6.07) is 5.36. The number of imidazole rings is 1. The van der Waals surface area contributed by atoms with Gasteiger partial charge in [-0.15, -0.1) is 0 Å². The molecular formula is C25H28Cl2N6O2. The lowest BCUT2D eigenvalue weighted by Gasteiger charge is -2.62. The van der Waals surface area contributed by atoms with Crippen LogP contribution in [0.25, 0.3) is 5.69 Å². The Hall–Kier alpha value is -2.84. The molecular weight excluding hydrogens is 487 g/mol. The summed E-state index contributed by atoms with van der Waals surface area (Å²) in [5, 5.41) is 11.0. The molecule has 2 aromatic heterocycles. The average molecular weight is 515 g/mol. The van der Waals surface area contributed by atoms with Gasteiger partial charge in [0.25, 0.3) is 5.56 Å². The van der Waals surface area contributed by atoms with E-state index in [0.717, 1.165) is 11.1 Å². The van der Waals surface area contributed by atoms with E-state index in [1.165, 1.54) is 12.6 Å². The predicted molar refractivity (Wildman–Crippen MR) is 137 cm³/mol. The van der Waals surface area contributed by atoms with Gasteiger partial charge in [-0.05, 0) is 54.2 Å². The molecule has 3 aliphatic rings. The Kier molecular flexibility index (Phi) is 6.13. The summed E-state index contributed by atoms with van der Waals surface area (Å²) in [5.74, 6) is 1.42. The summed E-state index contributed by atoms with van der Waals surface area (Å²) in [5.41, 5.74) is 1.60. The van der Waals surface area contributed by atoms with Crippen LogP contribution < -0.4 is 16.2 Å². The fourth-order valence-corrected chi connectivity index (χ4v) is 6.16. The van der Waals surface area contributed by atoms with E-state index in [1.807, 2.05) is 0 Å². The molecule has 2 bridgehead atoms. The van der Waals surface area contributed by atoms with Gasteiger partial charge in [-0.25, -0.2) is 9.67 Å². The highest BCUT2D eigenvalue weighted by Crippen LogP contribution is 2.61. The highest BCUT2D eigenvalue weighted by molar-refractivity contribution is 6.33. The van der Waals surface area contributed by atoms with Crippen molar-refractivity contribution >= 4 is 40.5 Å². The van der Waals surface area contributed by atoms with E-state index in [2.05, 4.69) is 41.5 Å². The zero-order chi connectivity index (χ0) is 24.9. The first-order valence-corrected chi connectivity index (χ1v) is 12.5. The van der Waals surface area contributed by atoms with Crippen molar-refractivity contribution in [2.45, 2.75) is 46.2 Å². The number of rotatable bonds is 6. The molecule has 0 unspecified atom stereocenters. The van der Waals surface area contributed by atoms with Gasteiger partial charge >= 0.3 is 0 Å². The van der Waals surface area contributed by atoms with Gasteiger partial charge in [0.1, 0.15) is 11.6 Å². The molecule has 184 valence electrons. The van der Waals surface area contributed by atoms with Gasteiger partial charge in [0, 0.05) is 24.1 Å². The molecule has 2 heterocycles. The van der Waals surface area contributed by atoms with E-state index in [1.54, 1.807) is 41.5 Å². The maximum atomic E-state index is 12.9. The third-order valence-corrected chi connectivity index (χ3v) is 8.67. The minimum Gasteiger partial charge on any atom is -0.379 e. The van der Waals surface area contributed by atoms with Crippen molar-refractivity contribution in [2.24, 2.45) is 23.2 Å². The van der Waals surface area contributed by atoms with Gasteiger partial charge in [0.05, 0.1) is 28.9 Å². The van der Waals surface area contributed by atoms with Gasteiger partial charge in [0.15, 0.2) is 0 Å². The first-order chi connectivity index (χ1) is 16.6. The van der Waals surface area contributed by atoms with Gasteiger partial charge in [-0.2, -0.15) is 5.10 Å². The Labute approximate surface area is 213 Å². The normalized spacial score (nSPS) is 24.5. The van der Waals surface area contributed by atoms with E-state index in [9.17, 15) is 9.59 Å². The smallest absolute Gasteiger partial charge is 0.288 e. The van der Waals surface area contributed by atoms with Crippen molar-refractivity contribution in [3.8, 4) is 5.69 Å². The van der Waals surface area contributed by atoms with Crippen LogP contribution >= 0.6 is 23.2 Å². The SMILES string of the molecule is C[C@H]1[C@H](Nc2cnn(CC(=O)Nc3ccc(Cl)c(-n4ccnc4)c3)c(=O)c2Cl)C[C@H]2C[C@@H]1C2(C)C. The lowest BCUT2D eigenvalue weighted by atomic mass is 9.45. The fraction of sp³-hybridized carbons (Fsp3) is 0.440. The number of anilines is 2. The van der Waals surface area contributed by atoms with Gasteiger partial charge in [-0.3, -0.25) is 9.59 Å². The molecule has 10 heteroatoms. The van der Waals surface area contributed by atoms with Crippen LogP contribution in [-0.2, 0) is 11.3 Å². The molecule has 8 nitrogen and oxygen atoms in total. The number of carbonyl (C=O) groups is 1. The van der Waals surface area contributed by atoms with E-state index < -0.39 is 11.5 Å². The number of aromatic nitrogens is 4. The first-order valence-electron chi connectivity index (χ1n) is 11.7. The zero-order valence-corrected chi connectivity index (χ0v) is 21.3. The van der Waals surface area contributed by atoms with Gasteiger partial charge < -0.3 is 15.2 Å². The molecule has 1 aromatic carbocycles. The molecule has 2 N–H and O–H groups in total. The number of fused-ring (bicyclic) bond motifs is 2. The quantitative estimate of drug-likeness (QED) is 0.489. The molecule has 3 aliphatic carbocycles. The number of benzene rings is 1. The summed E-state index contributed by atoms with van der Waals surface area (Å²) in [6.07, 6.45) is 8.87. The molecule has 0 saturated heterocycles. The predicted octanol–water partition coefficient (Wildman–Crippen LogP) is 4.86. The average Bonchev–Trinajstić information content (AvgIpc) is 3.35. The Balaban J connectivity index is 1.26. The largest absolute Gasteiger partial charge is 0.379 e. The molecule has 3 saturated carbocycles. The summed E-state index contributed by atoms with van der Waals surface area (Å²) >= 11 is 12.7. The van der Waals surface area contributed by atoms with E-state index in [4.69, 9.17) is 23.2 Å². The third-order valence-electron chi connectivity index (χ3n) is 7.99. The molecule has 0 radical (unpaired) electrons. The number of amides is 1. The lowest BCUT2D eigenvalue weighted by molar-refractivity contribution is -0.117. The number of halogens is 2. The highest BCUT2D eigenvalue weighted by Gasteiger charge is 2.56.